The molecule has 3 heterocycles. The average molecular weight is 304 g/mol. The predicted molar refractivity (Wildman–Crippen MR) is 78.8 cm³/mol. The number of carbonyl (C=O) groups is 1. The van der Waals surface area contributed by atoms with E-state index in [1.165, 1.54) is 0 Å². The molecule has 4 unspecified atom stereocenters. The third-order valence-corrected chi connectivity index (χ3v) is 4.51. The van der Waals surface area contributed by atoms with Crippen LogP contribution < -0.4 is 10.6 Å². The molecule has 3 aliphatic rings. The van der Waals surface area contributed by atoms with Crippen molar-refractivity contribution in [3.05, 3.63) is 30.7 Å². The molecule has 6 nitrogen and oxygen atoms in total. The lowest BCUT2D eigenvalue weighted by Crippen LogP contribution is -2.45. The van der Waals surface area contributed by atoms with Crippen molar-refractivity contribution in [3.8, 4) is 0 Å². The lowest BCUT2D eigenvalue weighted by Gasteiger charge is -2.19. The first-order chi connectivity index (χ1) is 10.7. The highest BCUT2D eigenvalue weighted by molar-refractivity contribution is 5.81. The Morgan fingerprint density at radius 3 is 2.41 bits per heavy atom. The van der Waals surface area contributed by atoms with Gasteiger partial charge in [-0.3, -0.25) is 4.79 Å². The molecular formula is C16H20N2O4. The highest BCUT2D eigenvalue weighted by Gasteiger charge is 2.49. The zero-order valence-corrected chi connectivity index (χ0v) is 12.3. The van der Waals surface area contributed by atoms with Gasteiger partial charge in [0.15, 0.2) is 0 Å². The number of fused-ring (bicyclic) bond motifs is 1. The molecule has 1 saturated carbocycles. The highest BCUT2D eigenvalue weighted by atomic mass is 16.6. The largest absolute Gasteiger partial charge is 0.463 e. The van der Waals surface area contributed by atoms with Crippen molar-refractivity contribution in [2.45, 2.75) is 37.1 Å². The fraction of sp³-hybridized carbons (Fsp3) is 0.562. The van der Waals surface area contributed by atoms with Crippen molar-refractivity contribution in [1.82, 2.24) is 10.6 Å². The Morgan fingerprint density at radius 2 is 1.82 bits per heavy atom. The first kappa shape index (κ1) is 13.8. The zero-order chi connectivity index (χ0) is 15.1. The Balaban J connectivity index is 1.35. The maximum absolute atomic E-state index is 11.9. The SMILES string of the molecule is C=C(NC1COC2C(NC(=O)C3CC3)COC12)c1ccco1. The van der Waals surface area contributed by atoms with Crippen molar-refractivity contribution in [2.75, 3.05) is 13.2 Å². The number of amides is 1. The van der Waals surface area contributed by atoms with Crippen LogP contribution in [0.5, 0.6) is 0 Å². The van der Waals surface area contributed by atoms with E-state index >= 15 is 0 Å². The van der Waals surface area contributed by atoms with Gasteiger partial charge in [-0.1, -0.05) is 6.58 Å². The van der Waals surface area contributed by atoms with E-state index in [2.05, 4.69) is 17.2 Å². The van der Waals surface area contributed by atoms with Gasteiger partial charge in [0.25, 0.3) is 0 Å². The topological polar surface area (TPSA) is 72.7 Å². The van der Waals surface area contributed by atoms with Crippen LogP contribution in [0.3, 0.4) is 0 Å². The van der Waals surface area contributed by atoms with Gasteiger partial charge >= 0.3 is 0 Å². The van der Waals surface area contributed by atoms with E-state index in [1.54, 1.807) is 6.26 Å². The van der Waals surface area contributed by atoms with Crippen LogP contribution in [0.15, 0.2) is 29.4 Å². The Labute approximate surface area is 128 Å². The second-order valence-corrected chi connectivity index (χ2v) is 6.19. The summed E-state index contributed by atoms with van der Waals surface area (Å²) in [4.78, 5) is 11.9. The molecule has 22 heavy (non-hydrogen) atoms. The molecule has 1 aromatic heterocycles. The molecular weight excluding hydrogens is 284 g/mol. The van der Waals surface area contributed by atoms with Crippen LogP contribution in [0.2, 0.25) is 0 Å². The van der Waals surface area contributed by atoms with Crippen molar-refractivity contribution in [1.29, 1.82) is 0 Å². The second kappa shape index (κ2) is 5.44. The molecule has 6 heteroatoms. The molecule has 1 aliphatic carbocycles. The molecule has 3 fully saturated rings. The third kappa shape index (κ3) is 2.53. The summed E-state index contributed by atoms with van der Waals surface area (Å²) < 4.78 is 17.0. The molecule has 0 aromatic carbocycles. The lowest BCUT2D eigenvalue weighted by atomic mass is 10.1. The van der Waals surface area contributed by atoms with Crippen LogP contribution >= 0.6 is 0 Å². The van der Waals surface area contributed by atoms with E-state index in [1.807, 2.05) is 12.1 Å². The summed E-state index contributed by atoms with van der Waals surface area (Å²) >= 11 is 0. The Hall–Kier alpha value is -1.79. The van der Waals surface area contributed by atoms with Gasteiger partial charge in [-0.15, -0.1) is 0 Å². The summed E-state index contributed by atoms with van der Waals surface area (Å²) in [5.74, 6) is 1.04. The first-order valence-electron chi connectivity index (χ1n) is 7.75. The minimum Gasteiger partial charge on any atom is -0.463 e. The van der Waals surface area contributed by atoms with E-state index in [-0.39, 0.29) is 36.1 Å². The Kier molecular flexibility index (Phi) is 3.43. The van der Waals surface area contributed by atoms with Crippen LogP contribution in [-0.2, 0) is 14.3 Å². The maximum atomic E-state index is 11.9. The molecule has 2 aliphatic heterocycles. The van der Waals surface area contributed by atoms with Crippen LogP contribution in [0.1, 0.15) is 18.6 Å². The van der Waals surface area contributed by atoms with Crippen molar-refractivity contribution in [3.63, 3.8) is 0 Å². The summed E-state index contributed by atoms with van der Waals surface area (Å²) in [6.07, 6.45) is 3.45. The smallest absolute Gasteiger partial charge is 0.223 e. The van der Waals surface area contributed by atoms with Crippen LogP contribution in [0, 0.1) is 5.92 Å². The van der Waals surface area contributed by atoms with E-state index < -0.39 is 0 Å². The number of hydrogen-bond acceptors (Lipinski definition) is 5. The summed E-state index contributed by atoms with van der Waals surface area (Å²) in [5, 5.41) is 6.37. The van der Waals surface area contributed by atoms with Gasteiger partial charge in [0.1, 0.15) is 18.0 Å². The molecule has 4 rings (SSSR count). The molecule has 0 bridgehead atoms. The quantitative estimate of drug-likeness (QED) is 0.845. The molecule has 0 spiro atoms. The maximum Gasteiger partial charge on any atom is 0.223 e. The molecule has 118 valence electrons. The standard InChI is InChI=1S/C16H20N2O4/c1-9(13-3-2-6-20-13)17-11-7-21-15-12(8-22-14(11)15)18-16(19)10-4-5-10/h2-3,6,10-12,14-15,17H,1,4-5,7-8H2,(H,18,19). The minimum atomic E-state index is -0.0930. The van der Waals surface area contributed by atoms with Crippen LogP contribution in [0.25, 0.3) is 5.70 Å². The fourth-order valence-electron chi connectivity index (χ4n) is 3.14. The Bertz CT molecular complexity index is 567. The fourth-order valence-corrected chi connectivity index (χ4v) is 3.14. The number of ether oxygens (including phenoxy) is 2. The minimum absolute atomic E-state index is 0.0189. The molecule has 4 atom stereocenters. The zero-order valence-electron chi connectivity index (χ0n) is 12.3. The van der Waals surface area contributed by atoms with Crippen molar-refractivity contribution in [2.24, 2.45) is 5.92 Å². The van der Waals surface area contributed by atoms with Crippen molar-refractivity contribution < 1.29 is 18.7 Å². The van der Waals surface area contributed by atoms with Crippen LogP contribution in [-0.4, -0.2) is 43.4 Å². The third-order valence-electron chi connectivity index (χ3n) is 4.51. The van der Waals surface area contributed by atoms with Gasteiger partial charge in [-0.25, -0.2) is 0 Å². The summed E-state index contributed by atoms with van der Waals surface area (Å²) in [6, 6.07) is 3.65. The Morgan fingerprint density at radius 1 is 1.14 bits per heavy atom. The van der Waals surface area contributed by atoms with Gasteiger partial charge in [-0.05, 0) is 25.0 Å². The first-order valence-corrected chi connectivity index (χ1v) is 7.75. The molecule has 1 amide bonds. The second-order valence-electron chi connectivity index (χ2n) is 6.19. The number of hydrogen-bond donors (Lipinski definition) is 2. The van der Waals surface area contributed by atoms with E-state index in [0.29, 0.717) is 24.7 Å². The molecule has 0 radical (unpaired) electrons. The van der Waals surface area contributed by atoms with Crippen LogP contribution in [0.4, 0.5) is 0 Å². The summed E-state index contributed by atoms with van der Waals surface area (Å²) in [7, 11) is 0. The van der Waals surface area contributed by atoms with Crippen molar-refractivity contribution >= 4 is 11.6 Å². The number of carbonyl (C=O) groups excluding carboxylic acids is 1. The van der Waals surface area contributed by atoms with E-state index in [4.69, 9.17) is 13.9 Å². The number of rotatable bonds is 5. The van der Waals surface area contributed by atoms with E-state index in [9.17, 15) is 4.79 Å². The molecule has 2 N–H and O–H groups in total. The predicted octanol–water partition coefficient (Wildman–Crippen LogP) is 0.901. The average Bonchev–Trinajstić information content (AvgIpc) is 2.93. The molecule has 2 saturated heterocycles. The monoisotopic (exact) mass is 304 g/mol. The summed E-state index contributed by atoms with van der Waals surface area (Å²) in [5.41, 5.74) is 0.716. The lowest BCUT2D eigenvalue weighted by molar-refractivity contribution is -0.123. The van der Waals surface area contributed by atoms with Gasteiger partial charge in [0, 0.05) is 5.92 Å². The van der Waals surface area contributed by atoms with Gasteiger partial charge in [0.2, 0.25) is 5.91 Å². The highest BCUT2D eigenvalue weighted by Crippen LogP contribution is 2.32. The molecule has 1 aromatic rings. The number of furan rings is 1. The van der Waals surface area contributed by atoms with Gasteiger partial charge < -0.3 is 24.5 Å². The summed E-state index contributed by atoms with van der Waals surface area (Å²) in [6.45, 7) is 5.02. The van der Waals surface area contributed by atoms with Gasteiger partial charge in [0.05, 0.1) is 37.3 Å². The number of nitrogens with one attached hydrogen (secondary N) is 2. The van der Waals surface area contributed by atoms with Gasteiger partial charge in [-0.2, -0.15) is 0 Å². The van der Waals surface area contributed by atoms with E-state index in [0.717, 1.165) is 12.8 Å². The normalized spacial score (nSPS) is 33.5.